The maximum atomic E-state index is 12.5. The normalized spacial score (nSPS) is 13.0. The van der Waals surface area contributed by atoms with Crippen molar-refractivity contribution < 1.29 is 19.4 Å². The number of benzene rings is 3. The molecule has 0 aromatic heterocycles. The molecule has 0 saturated carbocycles. The molecule has 3 aromatic rings. The van der Waals surface area contributed by atoms with Crippen LogP contribution in [0.4, 0.5) is 11.4 Å². The van der Waals surface area contributed by atoms with Gasteiger partial charge in [-0.3, -0.25) is 4.79 Å². The monoisotopic (exact) mass is 402 g/mol. The van der Waals surface area contributed by atoms with E-state index in [1.54, 1.807) is 24.3 Å². The van der Waals surface area contributed by atoms with Crippen molar-refractivity contribution in [2.75, 3.05) is 23.4 Å². The molecular formula is C24H22N2O4. The Morgan fingerprint density at radius 1 is 1.03 bits per heavy atom. The van der Waals surface area contributed by atoms with E-state index in [0.29, 0.717) is 36.6 Å². The van der Waals surface area contributed by atoms with Gasteiger partial charge in [-0.25, -0.2) is 4.79 Å². The number of ether oxygens (including phenoxy) is 1. The summed E-state index contributed by atoms with van der Waals surface area (Å²) >= 11 is 0. The number of para-hydroxylation sites is 1. The third-order valence-corrected chi connectivity index (χ3v) is 5.06. The van der Waals surface area contributed by atoms with Gasteiger partial charge in [-0.2, -0.15) is 0 Å². The van der Waals surface area contributed by atoms with Crippen molar-refractivity contribution in [2.24, 2.45) is 0 Å². The zero-order valence-corrected chi connectivity index (χ0v) is 16.6. The number of amides is 1. The largest absolute Gasteiger partial charge is 0.491 e. The highest BCUT2D eigenvalue weighted by molar-refractivity contribution is 6.05. The molecule has 6 nitrogen and oxygen atoms in total. The summed E-state index contributed by atoms with van der Waals surface area (Å²) in [6.45, 7) is 3.48. The molecule has 1 amide bonds. The van der Waals surface area contributed by atoms with Gasteiger partial charge in [0.15, 0.2) is 0 Å². The van der Waals surface area contributed by atoms with Gasteiger partial charge < -0.3 is 20.1 Å². The van der Waals surface area contributed by atoms with E-state index in [1.807, 2.05) is 48.2 Å². The predicted molar refractivity (Wildman–Crippen MR) is 116 cm³/mol. The smallest absolute Gasteiger partial charge is 0.337 e. The number of nitrogens with one attached hydrogen (secondary N) is 1. The molecule has 1 heterocycles. The highest BCUT2D eigenvalue weighted by Crippen LogP contribution is 2.30. The van der Waals surface area contributed by atoms with Crippen LogP contribution in [-0.4, -0.2) is 30.1 Å². The van der Waals surface area contributed by atoms with Crippen LogP contribution in [0.3, 0.4) is 0 Å². The molecule has 0 radical (unpaired) electrons. The summed E-state index contributed by atoms with van der Waals surface area (Å²) in [4.78, 5) is 26.5. The lowest BCUT2D eigenvalue weighted by atomic mass is 10.1. The Hall–Kier alpha value is -3.80. The fourth-order valence-electron chi connectivity index (χ4n) is 3.58. The van der Waals surface area contributed by atoms with Crippen LogP contribution in [0.25, 0.3) is 0 Å². The Morgan fingerprint density at radius 2 is 1.87 bits per heavy atom. The van der Waals surface area contributed by atoms with Crippen molar-refractivity contribution in [3.05, 3.63) is 89.0 Å². The number of anilines is 2. The molecule has 4 rings (SSSR count). The summed E-state index contributed by atoms with van der Waals surface area (Å²) in [5.41, 5.74) is 3.68. The summed E-state index contributed by atoms with van der Waals surface area (Å²) in [6.07, 6.45) is 0. The number of hydrogen-bond acceptors (Lipinski definition) is 4. The molecule has 2 N–H and O–H groups in total. The van der Waals surface area contributed by atoms with Crippen molar-refractivity contribution in [3.8, 4) is 5.75 Å². The van der Waals surface area contributed by atoms with E-state index in [-0.39, 0.29) is 11.5 Å². The summed E-state index contributed by atoms with van der Waals surface area (Å²) in [6, 6.07) is 20.0. The first kappa shape index (κ1) is 19.5. The lowest BCUT2D eigenvalue weighted by molar-refractivity contribution is 0.0697. The average molecular weight is 402 g/mol. The number of fused-ring (bicyclic) bond motifs is 1. The first-order valence-electron chi connectivity index (χ1n) is 9.72. The summed E-state index contributed by atoms with van der Waals surface area (Å²) < 4.78 is 5.79. The van der Waals surface area contributed by atoms with E-state index in [9.17, 15) is 14.7 Å². The molecule has 0 aliphatic carbocycles. The van der Waals surface area contributed by atoms with Crippen LogP contribution in [0.2, 0.25) is 0 Å². The molecule has 1 aliphatic heterocycles. The third kappa shape index (κ3) is 4.12. The Balaban J connectivity index is 1.61. The van der Waals surface area contributed by atoms with Crippen LogP contribution in [0.5, 0.6) is 5.75 Å². The van der Waals surface area contributed by atoms with Crippen LogP contribution in [-0.2, 0) is 6.54 Å². The van der Waals surface area contributed by atoms with E-state index >= 15 is 0 Å². The third-order valence-electron chi connectivity index (χ3n) is 5.06. The Morgan fingerprint density at radius 3 is 2.67 bits per heavy atom. The van der Waals surface area contributed by atoms with Gasteiger partial charge in [0.25, 0.3) is 5.91 Å². The van der Waals surface area contributed by atoms with Gasteiger partial charge in [-0.1, -0.05) is 35.9 Å². The molecule has 152 valence electrons. The number of carboxylic acid groups (broad SMARTS) is 1. The van der Waals surface area contributed by atoms with E-state index in [4.69, 9.17) is 4.74 Å². The fourth-order valence-corrected chi connectivity index (χ4v) is 3.58. The van der Waals surface area contributed by atoms with Crippen molar-refractivity contribution in [2.45, 2.75) is 13.5 Å². The number of carboxylic acids is 1. The average Bonchev–Trinajstić information content (AvgIpc) is 2.96. The molecule has 3 aromatic carbocycles. The van der Waals surface area contributed by atoms with E-state index < -0.39 is 5.97 Å². The highest BCUT2D eigenvalue weighted by Gasteiger charge is 2.21. The number of aromatic carboxylic acids is 1. The first-order valence-corrected chi connectivity index (χ1v) is 9.72. The zero-order valence-electron chi connectivity index (χ0n) is 16.6. The lowest BCUT2D eigenvalue weighted by Crippen LogP contribution is -2.27. The van der Waals surface area contributed by atoms with Crippen molar-refractivity contribution in [1.82, 2.24) is 0 Å². The molecule has 0 spiro atoms. The maximum Gasteiger partial charge on any atom is 0.337 e. The highest BCUT2D eigenvalue weighted by atomic mass is 16.5. The number of carbonyl (C=O) groups is 2. The van der Waals surface area contributed by atoms with Crippen LogP contribution >= 0.6 is 0 Å². The van der Waals surface area contributed by atoms with Gasteiger partial charge in [-0.15, -0.1) is 0 Å². The Labute approximate surface area is 174 Å². The molecule has 1 aliphatic rings. The quantitative estimate of drug-likeness (QED) is 0.679. The minimum atomic E-state index is -1.05. The van der Waals surface area contributed by atoms with Gasteiger partial charge in [0.2, 0.25) is 0 Å². The maximum absolute atomic E-state index is 12.5. The van der Waals surface area contributed by atoms with Gasteiger partial charge in [0, 0.05) is 23.4 Å². The molecule has 0 fully saturated rings. The number of rotatable bonds is 4. The Bertz CT molecular complexity index is 1110. The molecule has 6 heteroatoms. The molecule has 0 unspecified atom stereocenters. The molecule has 0 bridgehead atoms. The number of aryl methyl sites for hydroxylation is 1. The number of nitrogens with zero attached hydrogens (tertiary/aromatic N) is 1. The van der Waals surface area contributed by atoms with Crippen molar-refractivity contribution >= 4 is 23.3 Å². The SMILES string of the molecule is Cc1cccc(C(=O)Nc2ccc(N3CCOc4ccccc4C3)c(C(=O)O)c2)c1. The summed E-state index contributed by atoms with van der Waals surface area (Å²) in [5, 5.41) is 12.6. The second-order valence-electron chi connectivity index (χ2n) is 7.24. The second kappa shape index (κ2) is 8.29. The van der Waals surface area contributed by atoms with Crippen LogP contribution in [0.1, 0.15) is 31.8 Å². The van der Waals surface area contributed by atoms with Crippen LogP contribution in [0, 0.1) is 6.92 Å². The number of carbonyl (C=O) groups excluding carboxylic acids is 1. The van der Waals surface area contributed by atoms with Gasteiger partial charge in [0.05, 0.1) is 17.8 Å². The van der Waals surface area contributed by atoms with Gasteiger partial charge in [-0.05, 0) is 43.3 Å². The number of hydrogen-bond donors (Lipinski definition) is 2. The van der Waals surface area contributed by atoms with E-state index in [1.165, 1.54) is 6.07 Å². The summed E-state index contributed by atoms with van der Waals surface area (Å²) in [5.74, 6) is -0.506. The Kier molecular flexibility index (Phi) is 5.39. The van der Waals surface area contributed by atoms with Crippen LogP contribution in [0.15, 0.2) is 66.7 Å². The lowest BCUT2D eigenvalue weighted by Gasteiger charge is -2.24. The van der Waals surface area contributed by atoms with E-state index in [2.05, 4.69) is 5.32 Å². The topological polar surface area (TPSA) is 78.9 Å². The van der Waals surface area contributed by atoms with Gasteiger partial charge in [0.1, 0.15) is 12.4 Å². The van der Waals surface area contributed by atoms with Crippen molar-refractivity contribution in [1.29, 1.82) is 0 Å². The molecule has 0 atom stereocenters. The zero-order chi connectivity index (χ0) is 21.1. The second-order valence-corrected chi connectivity index (χ2v) is 7.24. The minimum absolute atomic E-state index is 0.136. The minimum Gasteiger partial charge on any atom is -0.491 e. The predicted octanol–water partition coefficient (Wildman–Crippen LogP) is 4.34. The standard InChI is InChI=1S/C24H22N2O4/c1-16-5-4-7-17(13-16)23(27)25-19-9-10-21(20(14-19)24(28)29)26-11-12-30-22-8-3-2-6-18(22)15-26/h2-10,13-14H,11-12,15H2,1H3,(H,25,27)(H,28,29). The van der Waals surface area contributed by atoms with E-state index in [0.717, 1.165) is 16.9 Å². The van der Waals surface area contributed by atoms with Gasteiger partial charge >= 0.3 is 5.97 Å². The summed E-state index contributed by atoms with van der Waals surface area (Å²) in [7, 11) is 0. The van der Waals surface area contributed by atoms with Crippen molar-refractivity contribution in [3.63, 3.8) is 0 Å². The molecular weight excluding hydrogens is 380 g/mol. The fraction of sp³-hybridized carbons (Fsp3) is 0.167. The molecule has 30 heavy (non-hydrogen) atoms. The first-order chi connectivity index (χ1) is 14.5. The van der Waals surface area contributed by atoms with Crippen LogP contribution < -0.4 is 15.0 Å². The molecule has 0 saturated heterocycles.